The van der Waals surface area contributed by atoms with Crippen LogP contribution in [0.25, 0.3) is 10.4 Å². The van der Waals surface area contributed by atoms with E-state index in [-0.39, 0.29) is 18.3 Å². The summed E-state index contributed by atoms with van der Waals surface area (Å²) >= 11 is 0. The summed E-state index contributed by atoms with van der Waals surface area (Å²) in [6.07, 6.45) is 0.334. The van der Waals surface area contributed by atoms with Gasteiger partial charge in [-0.25, -0.2) is 0 Å². The van der Waals surface area contributed by atoms with Crippen molar-refractivity contribution in [1.29, 1.82) is 0 Å². The Morgan fingerprint density at radius 3 is 2.53 bits per heavy atom. The maximum Gasteiger partial charge on any atom is 0.188 e. The molecule has 2 aliphatic heterocycles. The Balaban J connectivity index is 2.17. The summed E-state index contributed by atoms with van der Waals surface area (Å²) in [5.74, 6) is -0.452. The first kappa shape index (κ1) is 12.6. The third-order valence-electron chi connectivity index (χ3n) is 3.76. The summed E-state index contributed by atoms with van der Waals surface area (Å²) in [5.41, 5.74) is 7.99. The van der Waals surface area contributed by atoms with Crippen molar-refractivity contribution in [2.75, 3.05) is 6.54 Å². The zero-order chi connectivity index (χ0) is 12.7. The highest BCUT2D eigenvalue weighted by Crippen LogP contribution is 2.47. The Hall–Kier alpha value is -0.810. The normalized spacial score (nSPS) is 43.2. The van der Waals surface area contributed by atoms with Crippen LogP contribution in [0.2, 0.25) is 0 Å². The van der Waals surface area contributed by atoms with Crippen molar-refractivity contribution in [3.05, 3.63) is 10.4 Å². The van der Waals surface area contributed by atoms with Crippen molar-refractivity contribution < 1.29 is 14.2 Å². The highest BCUT2D eigenvalue weighted by molar-refractivity contribution is 5.01. The molecule has 2 aliphatic rings. The van der Waals surface area contributed by atoms with E-state index >= 15 is 0 Å². The van der Waals surface area contributed by atoms with Gasteiger partial charge in [-0.15, -0.1) is 0 Å². The topological polar surface area (TPSA) is 76.5 Å². The SMILES string of the molecule is CC[C@@]1(CN=[N+]=[N-])O[C@@H]2OC(C)(C)O[C@@H]2[C@@H]1C. The molecule has 2 rings (SSSR count). The molecule has 0 aromatic carbocycles. The van der Waals surface area contributed by atoms with Gasteiger partial charge in [0.1, 0.15) is 6.10 Å². The Morgan fingerprint density at radius 1 is 1.29 bits per heavy atom. The minimum Gasteiger partial charge on any atom is -0.343 e. The molecule has 0 amide bonds. The van der Waals surface area contributed by atoms with Crippen molar-refractivity contribution in [3.8, 4) is 0 Å². The minimum absolute atomic E-state index is 0.0844. The number of hydrogen-bond acceptors (Lipinski definition) is 4. The van der Waals surface area contributed by atoms with Gasteiger partial charge in [0.25, 0.3) is 0 Å². The average Bonchev–Trinajstić information content (AvgIpc) is 2.69. The average molecular weight is 241 g/mol. The van der Waals surface area contributed by atoms with Crippen LogP contribution in [0, 0.1) is 5.92 Å². The lowest BCUT2D eigenvalue weighted by Crippen LogP contribution is -2.41. The lowest BCUT2D eigenvalue weighted by atomic mass is 9.85. The Labute approximate surface area is 101 Å². The van der Waals surface area contributed by atoms with Crippen molar-refractivity contribution in [1.82, 2.24) is 0 Å². The fraction of sp³-hybridized carbons (Fsp3) is 1.00. The van der Waals surface area contributed by atoms with Gasteiger partial charge in [0.2, 0.25) is 0 Å². The van der Waals surface area contributed by atoms with Crippen LogP contribution in [0.15, 0.2) is 5.11 Å². The first-order chi connectivity index (χ1) is 7.94. The van der Waals surface area contributed by atoms with E-state index in [1.807, 2.05) is 20.8 Å². The maximum atomic E-state index is 8.45. The monoisotopic (exact) mass is 241 g/mol. The van der Waals surface area contributed by atoms with Crippen molar-refractivity contribution in [2.45, 2.75) is 57.9 Å². The van der Waals surface area contributed by atoms with E-state index in [2.05, 4.69) is 16.9 Å². The highest BCUT2D eigenvalue weighted by atomic mass is 16.8. The van der Waals surface area contributed by atoms with Gasteiger partial charge in [-0.05, 0) is 25.8 Å². The molecule has 0 saturated carbocycles. The second-order valence-electron chi connectivity index (χ2n) is 5.18. The van der Waals surface area contributed by atoms with Crippen LogP contribution in [0.4, 0.5) is 0 Å². The molecule has 6 heteroatoms. The molecule has 0 unspecified atom stereocenters. The zero-order valence-corrected chi connectivity index (χ0v) is 10.7. The van der Waals surface area contributed by atoms with E-state index in [1.165, 1.54) is 0 Å². The van der Waals surface area contributed by atoms with E-state index in [1.54, 1.807) is 0 Å². The third-order valence-corrected chi connectivity index (χ3v) is 3.76. The number of azide groups is 1. The molecular formula is C11H19N3O3. The molecule has 0 radical (unpaired) electrons. The highest BCUT2D eigenvalue weighted by Gasteiger charge is 2.58. The first-order valence-electron chi connectivity index (χ1n) is 5.98. The van der Waals surface area contributed by atoms with Crippen LogP contribution in [-0.2, 0) is 14.2 Å². The van der Waals surface area contributed by atoms with Crippen LogP contribution in [0.1, 0.15) is 34.1 Å². The molecule has 0 bridgehead atoms. The number of ether oxygens (including phenoxy) is 3. The Kier molecular flexibility index (Phi) is 3.08. The quantitative estimate of drug-likeness (QED) is 0.433. The lowest BCUT2D eigenvalue weighted by molar-refractivity contribution is -0.230. The molecule has 0 aliphatic carbocycles. The number of nitrogens with zero attached hydrogens (tertiary/aromatic N) is 3. The van der Waals surface area contributed by atoms with Gasteiger partial charge in [-0.1, -0.05) is 19.0 Å². The number of fused-ring (bicyclic) bond motifs is 1. The summed E-state index contributed by atoms with van der Waals surface area (Å²) in [4.78, 5) is 2.81. The van der Waals surface area contributed by atoms with Crippen LogP contribution >= 0.6 is 0 Å². The van der Waals surface area contributed by atoms with Crippen molar-refractivity contribution >= 4 is 0 Å². The zero-order valence-electron chi connectivity index (χ0n) is 10.7. The smallest absolute Gasteiger partial charge is 0.188 e. The molecule has 96 valence electrons. The van der Waals surface area contributed by atoms with Crippen LogP contribution < -0.4 is 0 Å². The first-order valence-corrected chi connectivity index (χ1v) is 5.98. The van der Waals surface area contributed by atoms with Crippen molar-refractivity contribution in [2.24, 2.45) is 11.0 Å². The van der Waals surface area contributed by atoms with Crippen LogP contribution in [-0.4, -0.2) is 30.3 Å². The molecule has 2 fully saturated rings. The van der Waals surface area contributed by atoms with Gasteiger partial charge in [-0.2, -0.15) is 0 Å². The third kappa shape index (κ3) is 2.02. The fourth-order valence-electron chi connectivity index (χ4n) is 2.67. The number of hydrogen-bond donors (Lipinski definition) is 0. The summed E-state index contributed by atoms with van der Waals surface area (Å²) in [5, 5.41) is 3.66. The van der Waals surface area contributed by atoms with Gasteiger partial charge >= 0.3 is 0 Å². The molecule has 4 atom stereocenters. The molecule has 0 N–H and O–H groups in total. The Morgan fingerprint density at radius 2 is 2.00 bits per heavy atom. The largest absolute Gasteiger partial charge is 0.343 e. The molecule has 2 saturated heterocycles. The van der Waals surface area contributed by atoms with E-state index < -0.39 is 11.4 Å². The summed E-state index contributed by atoms with van der Waals surface area (Å²) < 4.78 is 17.5. The standard InChI is InChI=1S/C11H19N3O3/c1-5-11(6-13-14-12)7(2)8-9(17-11)16-10(3,4)15-8/h7-9H,5-6H2,1-4H3/t7-,8+,9-,11-/m0/s1. The van der Waals surface area contributed by atoms with Crippen LogP contribution in [0.5, 0.6) is 0 Å². The van der Waals surface area contributed by atoms with Gasteiger partial charge in [0.15, 0.2) is 12.1 Å². The van der Waals surface area contributed by atoms with Crippen LogP contribution in [0.3, 0.4) is 0 Å². The molecule has 6 nitrogen and oxygen atoms in total. The molecule has 0 aromatic heterocycles. The van der Waals surface area contributed by atoms with Gasteiger partial charge in [0, 0.05) is 10.8 Å². The lowest BCUT2D eigenvalue weighted by Gasteiger charge is -2.33. The van der Waals surface area contributed by atoms with E-state index in [4.69, 9.17) is 19.7 Å². The van der Waals surface area contributed by atoms with Gasteiger partial charge in [0.05, 0.1) is 12.1 Å². The second kappa shape index (κ2) is 4.14. The predicted octanol–water partition coefficient (Wildman–Crippen LogP) is 2.59. The molecule has 0 spiro atoms. The summed E-state index contributed by atoms with van der Waals surface area (Å²) in [7, 11) is 0. The second-order valence-corrected chi connectivity index (χ2v) is 5.18. The predicted molar refractivity (Wildman–Crippen MR) is 61.1 cm³/mol. The molecular weight excluding hydrogens is 222 g/mol. The Bertz CT molecular complexity index is 354. The summed E-state index contributed by atoms with van der Waals surface area (Å²) in [6, 6.07) is 0. The van der Waals surface area contributed by atoms with E-state index in [0.29, 0.717) is 6.54 Å². The van der Waals surface area contributed by atoms with Gasteiger partial charge < -0.3 is 14.2 Å². The number of rotatable bonds is 3. The molecule has 0 aromatic rings. The summed E-state index contributed by atoms with van der Waals surface area (Å²) in [6.45, 7) is 8.16. The minimum atomic E-state index is -0.595. The molecule has 2 heterocycles. The van der Waals surface area contributed by atoms with Gasteiger partial charge in [-0.3, -0.25) is 0 Å². The van der Waals surface area contributed by atoms with E-state index in [9.17, 15) is 0 Å². The van der Waals surface area contributed by atoms with Crippen molar-refractivity contribution in [3.63, 3.8) is 0 Å². The van der Waals surface area contributed by atoms with E-state index in [0.717, 1.165) is 6.42 Å². The molecule has 17 heavy (non-hydrogen) atoms. The maximum absolute atomic E-state index is 8.45. The fourth-order valence-corrected chi connectivity index (χ4v) is 2.67.